The molecule has 50 heavy (non-hydrogen) atoms. The number of aromatic nitrogens is 2. The number of nitrogens with zero attached hydrogens (tertiary/aromatic N) is 2. The van der Waals surface area contributed by atoms with E-state index in [1.54, 1.807) is 0 Å². The third kappa shape index (κ3) is 20.6. The zero-order valence-corrected chi connectivity index (χ0v) is 38.1. The average Bonchev–Trinajstić information content (AvgIpc) is 3.69. The van der Waals surface area contributed by atoms with E-state index in [-0.39, 0.29) is 0 Å². The van der Waals surface area contributed by atoms with Gasteiger partial charge in [0.1, 0.15) is 9.21 Å². The molecule has 290 valence electrons. The SMILES string of the molecule is CCCCCCCCCCCCCCCCC(CC)c1nc(Br)c(-c2sc(C(CC)CCCCCCCCCCCCCCCC)nc2Br)s1. The molecule has 6 heteroatoms. The predicted octanol–water partition coefficient (Wildman–Crippen LogP) is 18.5. The summed E-state index contributed by atoms with van der Waals surface area (Å²) in [7, 11) is 0. The largest absolute Gasteiger partial charge is 0.233 e. The molecule has 0 aromatic carbocycles. The van der Waals surface area contributed by atoms with Gasteiger partial charge in [0.15, 0.2) is 0 Å². The number of rotatable bonds is 35. The van der Waals surface area contributed by atoms with Crippen molar-refractivity contribution >= 4 is 54.5 Å². The van der Waals surface area contributed by atoms with E-state index in [1.165, 1.54) is 225 Å². The smallest absolute Gasteiger partial charge is 0.126 e. The summed E-state index contributed by atoms with van der Waals surface area (Å²) in [6, 6.07) is 0. The fourth-order valence-corrected chi connectivity index (χ4v) is 11.7. The van der Waals surface area contributed by atoms with Crippen molar-refractivity contribution in [3.63, 3.8) is 0 Å². The summed E-state index contributed by atoms with van der Waals surface area (Å²) < 4.78 is 2.01. The van der Waals surface area contributed by atoms with Crippen LogP contribution in [0.5, 0.6) is 0 Å². The summed E-state index contributed by atoms with van der Waals surface area (Å²) in [4.78, 5) is 12.7. The van der Waals surface area contributed by atoms with Gasteiger partial charge in [0.2, 0.25) is 0 Å². The maximum absolute atomic E-state index is 5.07. The van der Waals surface area contributed by atoms with Gasteiger partial charge in [-0.1, -0.05) is 207 Å². The Hall–Kier alpha value is 0.220. The molecule has 2 atom stereocenters. The molecule has 0 fully saturated rings. The van der Waals surface area contributed by atoms with Crippen molar-refractivity contribution < 1.29 is 0 Å². The van der Waals surface area contributed by atoms with E-state index in [2.05, 4.69) is 59.6 Å². The molecule has 0 aliphatic rings. The molecule has 0 aliphatic heterocycles. The summed E-state index contributed by atoms with van der Waals surface area (Å²) in [6.45, 7) is 9.29. The Labute approximate surface area is 336 Å². The minimum absolute atomic E-state index is 0.567. The summed E-state index contributed by atoms with van der Waals surface area (Å²) >= 11 is 11.5. The van der Waals surface area contributed by atoms with Gasteiger partial charge in [-0.2, -0.15) is 0 Å². The zero-order chi connectivity index (χ0) is 36.1. The van der Waals surface area contributed by atoms with Gasteiger partial charge in [0, 0.05) is 11.8 Å². The van der Waals surface area contributed by atoms with Gasteiger partial charge in [0.25, 0.3) is 0 Å². The molecule has 0 N–H and O–H groups in total. The topological polar surface area (TPSA) is 25.8 Å². The van der Waals surface area contributed by atoms with E-state index in [9.17, 15) is 0 Å². The normalized spacial score (nSPS) is 13.0. The Morgan fingerprint density at radius 1 is 0.380 bits per heavy atom. The Bertz CT molecular complexity index is 969. The second-order valence-electron chi connectivity index (χ2n) is 15.3. The molecule has 2 aromatic heterocycles. The molecule has 0 saturated carbocycles. The van der Waals surface area contributed by atoms with Gasteiger partial charge in [-0.25, -0.2) is 9.97 Å². The van der Waals surface area contributed by atoms with Crippen LogP contribution in [0.3, 0.4) is 0 Å². The first kappa shape index (κ1) is 46.4. The second-order valence-corrected chi connectivity index (χ2v) is 18.9. The minimum Gasteiger partial charge on any atom is -0.233 e. The Morgan fingerprint density at radius 3 is 0.860 bits per heavy atom. The zero-order valence-electron chi connectivity index (χ0n) is 33.2. The summed E-state index contributed by atoms with van der Waals surface area (Å²) in [6.07, 6.45) is 44.6. The Balaban J connectivity index is 1.65. The fourth-order valence-electron chi connectivity index (χ4n) is 7.44. The van der Waals surface area contributed by atoms with E-state index >= 15 is 0 Å². The van der Waals surface area contributed by atoms with Gasteiger partial charge < -0.3 is 0 Å². The second kappa shape index (κ2) is 31.6. The standard InChI is InChI=1S/C44H78Br2N2S2/c1-5-9-11-13-15-17-19-21-23-25-27-29-31-33-35-37(7-3)43-47-41(45)39(49-43)40-42(46)48-44(50-40)38(8-4)36-34-32-30-28-26-24-22-20-18-16-14-12-10-6-2/h37-38H,5-36H2,1-4H3. The van der Waals surface area contributed by atoms with Crippen LogP contribution in [0.1, 0.15) is 255 Å². The summed E-state index contributed by atoms with van der Waals surface area (Å²) in [5.74, 6) is 1.13. The van der Waals surface area contributed by atoms with Gasteiger partial charge in [-0.3, -0.25) is 0 Å². The number of hydrogen-bond donors (Lipinski definition) is 0. The highest BCUT2D eigenvalue weighted by Crippen LogP contribution is 2.46. The molecule has 0 saturated heterocycles. The highest BCUT2D eigenvalue weighted by Gasteiger charge is 2.23. The first-order valence-electron chi connectivity index (χ1n) is 21.9. The van der Waals surface area contributed by atoms with Crippen LogP contribution in [0.4, 0.5) is 0 Å². The lowest BCUT2D eigenvalue weighted by molar-refractivity contribution is 0.512. The molecular formula is C44H78Br2N2S2. The van der Waals surface area contributed by atoms with Crippen LogP contribution in [0.25, 0.3) is 9.75 Å². The fraction of sp³-hybridized carbons (Fsp3) is 0.864. The highest BCUT2D eigenvalue weighted by atomic mass is 79.9. The number of hydrogen-bond acceptors (Lipinski definition) is 4. The molecule has 0 bridgehead atoms. The lowest BCUT2D eigenvalue weighted by Gasteiger charge is -2.11. The number of thiazole rings is 2. The van der Waals surface area contributed by atoms with Crippen LogP contribution in [0.15, 0.2) is 9.21 Å². The van der Waals surface area contributed by atoms with Crippen molar-refractivity contribution in [2.75, 3.05) is 0 Å². The van der Waals surface area contributed by atoms with Crippen LogP contribution in [0, 0.1) is 0 Å². The molecule has 0 spiro atoms. The molecule has 0 radical (unpaired) electrons. The first-order chi connectivity index (χ1) is 24.5. The van der Waals surface area contributed by atoms with Crippen molar-refractivity contribution in [2.24, 2.45) is 0 Å². The van der Waals surface area contributed by atoms with Crippen LogP contribution in [-0.2, 0) is 0 Å². The maximum atomic E-state index is 5.07. The van der Waals surface area contributed by atoms with E-state index < -0.39 is 0 Å². The molecule has 2 nitrogen and oxygen atoms in total. The van der Waals surface area contributed by atoms with Gasteiger partial charge in [-0.05, 0) is 57.5 Å². The van der Waals surface area contributed by atoms with Crippen molar-refractivity contribution in [3.8, 4) is 9.75 Å². The van der Waals surface area contributed by atoms with Crippen LogP contribution in [-0.4, -0.2) is 9.97 Å². The van der Waals surface area contributed by atoms with Crippen LogP contribution >= 0.6 is 54.5 Å². The first-order valence-corrected chi connectivity index (χ1v) is 25.1. The molecule has 2 aromatic rings. The van der Waals surface area contributed by atoms with E-state index in [0.29, 0.717) is 11.8 Å². The van der Waals surface area contributed by atoms with E-state index in [4.69, 9.17) is 9.97 Å². The number of unbranched alkanes of at least 4 members (excludes halogenated alkanes) is 26. The lowest BCUT2D eigenvalue weighted by atomic mass is 9.98. The minimum atomic E-state index is 0.567. The van der Waals surface area contributed by atoms with Crippen LogP contribution in [0.2, 0.25) is 0 Å². The number of halogens is 2. The third-order valence-electron chi connectivity index (χ3n) is 10.9. The lowest BCUT2D eigenvalue weighted by Crippen LogP contribution is -1.97. The molecule has 2 heterocycles. The summed E-state index contributed by atoms with van der Waals surface area (Å²) in [5.41, 5.74) is 0. The van der Waals surface area contributed by atoms with Gasteiger partial charge in [0.05, 0.1) is 19.8 Å². The molecule has 0 aliphatic carbocycles. The van der Waals surface area contributed by atoms with Gasteiger partial charge >= 0.3 is 0 Å². The predicted molar refractivity (Wildman–Crippen MR) is 235 cm³/mol. The quantitative estimate of drug-likeness (QED) is 0.0646. The third-order valence-corrected chi connectivity index (χ3v) is 15.2. The monoisotopic (exact) mass is 856 g/mol. The van der Waals surface area contributed by atoms with Crippen LogP contribution < -0.4 is 0 Å². The average molecular weight is 859 g/mol. The van der Waals surface area contributed by atoms with Crippen molar-refractivity contribution in [2.45, 2.75) is 245 Å². The van der Waals surface area contributed by atoms with Crippen molar-refractivity contribution in [3.05, 3.63) is 19.2 Å². The molecule has 2 unspecified atom stereocenters. The highest BCUT2D eigenvalue weighted by molar-refractivity contribution is 9.11. The van der Waals surface area contributed by atoms with Gasteiger partial charge in [-0.15, -0.1) is 22.7 Å². The Morgan fingerprint density at radius 2 is 0.620 bits per heavy atom. The Kier molecular flexibility index (Phi) is 29.3. The molecular weight excluding hydrogens is 780 g/mol. The molecule has 2 rings (SSSR count). The van der Waals surface area contributed by atoms with E-state index in [0.717, 1.165) is 9.21 Å². The molecule has 0 amide bonds. The van der Waals surface area contributed by atoms with Crippen molar-refractivity contribution in [1.82, 2.24) is 9.97 Å². The van der Waals surface area contributed by atoms with E-state index in [1.807, 2.05) is 22.7 Å². The summed E-state index contributed by atoms with van der Waals surface area (Å²) in [5, 5.41) is 2.61. The van der Waals surface area contributed by atoms with Crippen molar-refractivity contribution in [1.29, 1.82) is 0 Å². The maximum Gasteiger partial charge on any atom is 0.126 e.